The first-order valence-corrected chi connectivity index (χ1v) is 5.38. The Bertz CT molecular complexity index is 719. The molecular weight excluding hydrogens is 230 g/mol. The van der Waals surface area contributed by atoms with Gasteiger partial charge in [0.2, 0.25) is 0 Å². The predicted molar refractivity (Wildman–Crippen MR) is 65.8 cm³/mol. The third kappa shape index (κ3) is 1.62. The largest absolute Gasteiger partial charge is 0.478 e. The monoisotopic (exact) mass is 239 g/mol. The molecule has 88 valence electrons. The Morgan fingerprint density at radius 2 is 1.94 bits per heavy atom. The summed E-state index contributed by atoms with van der Waals surface area (Å²) in [6.07, 6.45) is 2.95. The van der Waals surface area contributed by atoms with Crippen LogP contribution >= 0.6 is 0 Å². The van der Waals surface area contributed by atoms with E-state index in [0.29, 0.717) is 11.0 Å². The van der Waals surface area contributed by atoms with Crippen LogP contribution in [0.5, 0.6) is 0 Å². The van der Waals surface area contributed by atoms with E-state index in [0.717, 1.165) is 5.69 Å². The number of pyridine rings is 1. The van der Waals surface area contributed by atoms with Gasteiger partial charge in [0.25, 0.3) is 0 Å². The molecule has 0 saturated carbocycles. The molecule has 0 aliphatic rings. The van der Waals surface area contributed by atoms with Crippen LogP contribution < -0.4 is 0 Å². The van der Waals surface area contributed by atoms with E-state index < -0.39 is 5.97 Å². The third-order valence-corrected chi connectivity index (χ3v) is 2.67. The lowest BCUT2D eigenvalue weighted by atomic mass is 10.2. The molecule has 1 aromatic carbocycles. The van der Waals surface area contributed by atoms with Crippen molar-refractivity contribution in [2.75, 3.05) is 0 Å². The maximum atomic E-state index is 10.9. The van der Waals surface area contributed by atoms with E-state index in [1.165, 1.54) is 6.20 Å². The van der Waals surface area contributed by atoms with Crippen molar-refractivity contribution in [2.45, 2.75) is 0 Å². The first kappa shape index (κ1) is 10.5. The van der Waals surface area contributed by atoms with Gasteiger partial charge in [-0.3, -0.25) is 4.98 Å². The molecular formula is C13H9N3O2. The number of aromatic nitrogens is 3. The number of carbonyl (C=O) groups is 1. The van der Waals surface area contributed by atoms with E-state index in [2.05, 4.69) is 10.1 Å². The molecule has 0 aliphatic carbocycles. The van der Waals surface area contributed by atoms with Crippen molar-refractivity contribution in [2.24, 2.45) is 0 Å². The van der Waals surface area contributed by atoms with Crippen LogP contribution in [0.15, 0.2) is 48.8 Å². The molecule has 0 fully saturated rings. The van der Waals surface area contributed by atoms with Gasteiger partial charge in [0.1, 0.15) is 5.52 Å². The second-order valence-corrected chi connectivity index (χ2v) is 3.83. The summed E-state index contributed by atoms with van der Waals surface area (Å²) in [6.45, 7) is 0. The highest BCUT2D eigenvalue weighted by molar-refractivity contribution is 5.91. The number of carboxylic acid groups (broad SMARTS) is 1. The van der Waals surface area contributed by atoms with Crippen molar-refractivity contribution in [3.63, 3.8) is 0 Å². The molecule has 2 heterocycles. The molecule has 0 radical (unpaired) electrons. The lowest BCUT2D eigenvalue weighted by Gasteiger charge is -2.03. The molecule has 0 unspecified atom stereocenters. The number of carboxylic acids is 1. The summed E-state index contributed by atoms with van der Waals surface area (Å²) in [4.78, 5) is 15.0. The van der Waals surface area contributed by atoms with Gasteiger partial charge in [-0.05, 0) is 18.2 Å². The van der Waals surface area contributed by atoms with E-state index >= 15 is 0 Å². The Morgan fingerprint density at radius 1 is 1.17 bits per heavy atom. The van der Waals surface area contributed by atoms with E-state index in [1.54, 1.807) is 16.9 Å². The van der Waals surface area contributed by atoms with Gasteiger partial charge < -0.3 is 5.11 Å². The van der Waals surface area contributed by atoms with Gasteiger partial charge in [-0.15, -0.1) is 0 Å². The van der Waals surface area contributed by atoms with Crippen LogP contribution in [0, 0.1) is 0 Å². The number of para-hydroxylation sites is 1. The highest BCUT2D eigenvalue weighted by atomic mass is 16.4. The Morgan fingerprint density at radius 3 is 2.67 bits per heavy atom. The van der Waals surface area contributed by atoms with Crippen molar-refractivity contribution in [1.29, 1.82) is 0 Å². The van der Waals surface area contributed by atoms with Gasteiger partial charge in [0, 0.05) is 6.20 Å². The number of benzene rings is 1. The number of aromatic carboxylic acids is 1. The van der Waals surface area contributed by atoms with Crippen molar-refractivity contribution in [3.05, 3.63) is 54.4 Å². The second kappa shape index (κ2) is 3.96. The summed E-state index contributed by atoms with van der Waals surface area (Å²) in [5.41, 5.74) is 2.38. The third-order valence-electron chi connectivity index (χ3n) is 2.67. The van der Waals surface area contributed by atoms with Gasteiger partial charge in [0.05, 0.1) is 23.0 Å². The second-order valence-electron chi connectivity index (χ2n) is 3.83. The fraction of sp³-hybridized carbons (Fsp3) is 0. The van der Waals surface area contributed by atoms with E-state index in [1.807, 2.05) is 30.3 Å². The maximum absolute atomic E-state index is 10.9. The summed E-state index contributed by atoms with van der Waals surface area (Å²) in [5.74, 6) is -0.995. The average molecular weight is 239 g/mol. The fourth-order valence-electron chi connectivity index (χ4n) is 1.80. The highest BCUT2D eigenvalue weighted by Crippen LogP contribution is 2.17. The summed E-state index contributed by atoms with van der Waals surface area (Å²) < 4.78 is 1.68. The molecule has 5 heteroatoms. The van der Waals surface area contributed by atoms with E-state index in [-0.39, 0.29) is 5.56 Å². The topological polar surface area (TPSA) is 68.0 Å². The smallest absolute Gasteiger partial charge is 0.337 e. The summed E-state index contributed by atoms with van der Waals surface area (Å²) >= 11 is 0. The molecule has 0 spiro atoms. The fourth-order valence-corrected chi connectivity index (χ4v) is 1.80. The molecule has 3 aromatic rings. The van der Waals surface area contributed by atoms with Crippen LogP contribution in [0.2, 0.25) is 0 Å². The summed E-state index contributed by atoms with van der Waals surface area (Å²) in [7, 11) is 0. The molecule has 0 bridgehead atoms. The zero-order chi connectivity index (χ0) is 12.5. The molecule has 3 rings (SSSR count). The van der Waals surface area contributed by atoms with Crippen LogP contribution in [0.25, 0.3) is 16.7 Å². The van der Waals surface area contributed by atoms with Gasteiger partial charge >= 0.3 is 5.97 Å². The van der Waals surface area contributed by atoms with Crippen LogP contribution in [0.1, 0.15) is 10.4 Å². The number of fused-ring (bicyclic) bond motifs is 1. The number of hydrogen-bond acceptors (Lipinski definition) is 3. The van der Waals surface area contributed by atoms with Crippen LogP contribution in [-0.2, 0) is 0 Å². The van der Waals surface area contributed by atoms with Crippen molar-refractivity contribution < 1.29 is 9.90 Å². The zero-order valence-electron chi connectivity index (χ0n) is 9.32. The number of nitrogens with zero attached hydrogens (tertiary/aromatic N) is 3. The van der Waals surface area contributed by atoms with Gasteiger partial charge in [0.15, 0.2) is 0 Å². The molecule has 5 nitrogen and oxygen atoms in total. The van der Waals surface area contributed by atoms with Gasteiger partial charge in [-0.1, -0.05) is 18.2 Å². The molecule has 2 aromatic heterocycles. The Hall–Kier alpha value is -2.69. The quantitative estimate of drug-likeness (QED) is 0.743. The van der Waals surface area contributed by atoms with Crippen molar-refractivity contribution in [3.8, 4) is 5.69 Å². The molecule has 0 amide bonds. The van der Waals surface area contributed by atoms with Crippen LogP contribution in [-0.4, -0.2) is 25.8 Å². The zero-order valence-corrected chi connectivity index (χ0v) is 9.32. The minimum atomic E-state index is -0.995. The lowest BCUT2D eigenvalue weighted by molar-refractivity contribution is 0.0696. The van der Waals surface area contributed by atoms with Crippen LogP contribution in [0.3, 0.4) is 0 Å². The van der Waals surface area contributed by atoms with Crippen molar-refractivity contribution in [1.82, 2.24) is 14.8 Å². The number of hydrogen-bond donors (Lipinski definition) is 1. The standard InChI is InChI=1S/C13H9N3O2/c17-13(18)9-6-12-11(14-7-9)8-15-16(12)10-4-2-1-3-5-10/h1-8H,(H,17,18). The Labute approximate surface area is 102 Å². The van der Waals surface area contributed by atoms with Gasteiger partial charge in [-0.25, -0.2) is 9.48 Å². The highest BCUT2D eigenvalue weighted by Gasteiger charge is 2.09. The SMILES string of the molecule is O=C(O)c1cnc2cnn(-c3ccccc3)c2c1. The first-order chi connectivity index (χ1) is 8.75. The predicted octanol–water partition coefficient (Wildman–Crippen LogP) is 2.12. The maximum Gasteiger partial charge on any atom is 0.337 e. The van der Waals surface area contributed by atoms with Crippen LogP contribution in [0.4, 0.5) is 0 Å². The van der Waals surface area contributed by atoms with E-state index in [9.17, 15) is 4.79 Å². The normalized spacial score (nSPS) is 10.7. The lowest BCUT2D eigenvalue weighted by Crippen LogP contribution is -2.00. The molecule has 0 saturated heterocycles. The molecule has 18 heavy (non-hydrogen) atoms. The first-order valence-electron chi connectivity index (χ1n) is 5.38. The molecule has 0 aliphatic heterocycles. The average Bonchev–Trinajstić information content (AvgIpc) is 2.82. The minimum Gasteiger partial charge on any atom is -0.478 e. The number of rotatable bonds is 2. The van der Waals surface area contributed by atoms with E-state index in [4.69, 9.17) is 5.11 Å². The minimum absolute atomic E-state index is 0.153. The van der Waals surface area contributed by atoms with Gasteiger partial charge in [-0.2, -0.15) is 5.10 Å². The Kier molecular flexibility index (Phi) is 2.30. The molecule has 0 atom stereocenters. The summed E-state index contributed by atoms with van der Waals surface area (Å²) in [6, 6.07) is 11.1. The molecule has 1 N–H and O–H groups in total. The summed E-state index contributed by atoms with van der Waals surface area (Å²) in [5, 5.41) is 13.2. The van der Waals surface area contributed by atoms with Crippen molar-refractivity contribution >= 4 is 17.0 Å². The Balaban J connectivity index is 2.24.